The van der Waals surface area contributed by atoms with Crippen LogP contribution < -0.4 is 15.7 Å². The smallest absolute Gasteiger partial charge is 0.311 e. The number of amides is 1. The lowest BCUT2D eigenvalue weighted by Crippen LogP contribution is -2.30. The summed E-state index contributed by atoms with van der Waals surface area (Å²) in [7, 11) is 0. The van der Waals surface area contributed by atoms with Gasteiger partial charge in [0, 0.05) is 24.4 Å². The monoisotopic (exact) mass is 358 g/mol. The van der Waals surface area contributed by atoms with Crippen LogP contribution in [0, 0.1) is 10.1 Å². The zero-order chi connectivity index (χ0) is 19.1. The van der Waals surface area contributed by atoms with Crippen molar-refractivity contribution in [1.82, 2.24) is 9.99 Å². The molecule has 0 fully saturated rings. The van der Waals surface area contributed by atoms with Crippen molar-refractivity contribution in [2.75, 3.05) is 6.61 Å². The first kappa shape index (κ1) is 18.8. The molecule has 9 nitrogen and oxygen atoms in total. The van der Waals surface area contributed by atoms with Gasteiger partial charge in [0.2, 0.25) is 0 Å². The lowest BCUT2D eigenvalue weighted by Gasteiger charge is -2.05. The lowest BCUT2D eigenvalue weighted by atomic mass is 10.2. The van der Waals surface area contributed by atoms with Crippen LogP contribution in [0.1, 0.15) is 29.8 Å². The maximum absolute atomic E-state index is 12.1. The van der Waals surface area contributed by atoms with Crippen LogP contribution in [-0.2, 0) is 6.54 Å². The Hall–Kier alpha value is -3.49. The quantitative estimate of drug-likeness (QED) is 0.461. The number of aryl methyl sites for hydroxylation is 1. The third-order valence-electron chi connectivity index (χ3n) is 3.46. The molecule has 0 radical (unpaired) electrons. The Balaban J connectivity index is 2.16. The van der Waals surface area contributed by atoms with Crippen LogP contribution in [0.15, 0.2) is 46.4 Å². The summed E-state index contributed by atoms with van der Waals surface area (Å²) in [6, 6.07) is 7.32. The molecule has 0 aliphatic heterocycles. The number of carbonyl (C=O) groups excluding carboxylic acids is 1. The summed E-state index contributed by atoms with van der Waals surface area (Å²) in [6.07, 6.45) is 2.84. The molecule has 9 heteroatoms. The van der Waals surface area contributed by atoms with Gasteiger partial charge in [-0.05, 0) is 38.1 Å². The molecule has 0 spiro atoms. The van der Waals surface area contributed by atoms with Crippen LogP contribution in [0.25, 0.3) is 0 Å². The molecule has 0 unspecified atom stereocenters. The molecule has 26 heavy (non-hydrogen) atoms. The number of hydrogen-bond acceptors (Lipinski definition) is 6. The Bertz CT molecular complexity index is 904. The highest BCUT2D eigenvalue weighted by Crippen LogP contribution is 2.27. The van der Waals surface area contributed by atoms with Gasteiger partial charge >= 0.3 is 5.69 Å². The van der Waals surface area contributed by atoms with Gasteiger partial charge in [-0.2, -0.15) is 5.10 Å². The van der Waals surface area contributed by atoms with E-state index in [4.69, 9.17) is 4.74 Å². The molecule has 1 amide bonds. The molecule has 1 heterocycles. The fourth-order valence-corrected chi connectivity index (χ4v) is 2.22. The summed E-state index contributed by atoms with van der Waals surface area (Å²) in [5.41, 5.74) is 1.99. The fraction of sp³-hybridized carbons (Fsp3) is 0.235. The minimum Gasteiger partial charge on any atom is -0.487 e. The number of nitro benzene ring substituents is 1. The van der Waals surface area contributed by atoms with Crippen molar-refractivity contribution < 1.29 is 14.5 Å². The van der Waals surface area contributed by atoms with Crippen molar-refractivity contribution in [2.24, 2.45) is 5.10 Å². The molecular weight excluding hydrogens is 340 g/mol. The van der Waals surface area contributed by atoms with E-state index in [2.05, 4.69) is 10.5 Å². The van der Waals surface area contributed by atoms with Crippen molar-refractivity contribution in [2.45, 2.75) is 20.4 Å². The molecule has 136 valence electrons. The maximum Gasteiger partial charge on any atom is 0.311 e. The number of carbonyl (C=O) groups is 1. The van der Waals surface area contributed by atoms with Crippen molar-refractivity contribution >= 4 is 17.8 Å². The topological polar surface area (TPSA) is 116 Å². The molecule has 0 bridgehead atoms. The highest BCUT2D eigenvalue weighted by molar-refractivity contribution is 5.94. The standard InChI is InChI=1S/C17H18N4O5/c1-3-20-9-5-6-13(17(20)23)16(22)19-18-11-12-7-8-15(26-4-2)14(10-12)21(24)25/h5-11H,3-4H2,1-2H3,(H,19,22)/b18-11-. The molecule has 0 aliphatic rings. The average Bonchev–Trinajstić information content (AvgIpc) is 2.63. The van der Waals surface area contributed by atoms with Gasteiger partial charge in [-0.25, -0.2) is 5.43 Å². The molecule has 0 atom stereocenters. The zero-order valence-electron chi connectivity index (χ0n) is 14.3. The fourth-order valence-electron chi connectivity index (χ4n) is 2.22. The predicted octanol–water partition coefficient (Wildman–Crippen LogP) is 1.94. The van der Waals surface area contributed by atoms with E-state index >= 15 is 0 Å². The minimum atomic E-state index is -0.658. The molecular formula is C17H18N4O5. The Morgan fingerprint density at radius 1 is 1.38 bits per heavy atom. The molecule has 1 aromatic carbocycles. The number of pyridine rings is 1. The van der Waals surface area contributed by atoms with Crippen LogP contribution in [0.4, 0.5) is 5.69 Å². The molecule has 2 aromatic rings. The number of benzene rings is 1. The first-order valence-electron chi connectivity index (χ1n) is 7.92. The number of hydrogen-bond donors (Lipinski definition) is 1. The van der Waals surface area contributed by atoms with E-state index in [1.165, 1.54) is 29.0 Å². The molecule has 1 N–H and O–H groups in total. The van der Waals surface area contributed by atoms with E-state index in [0.29, 0.717) is 18.7 Å². The van der Waals surface area contributed by atoms with E-state index in [1.807, 2.05) is 0 Å². The molecule has 1 aromatic heterocycles. The summed E-state index contributed by atoms with van der Waals surface area (Å²) >= 11 is 0. The van der Waals surface area contributed by atoms with E-state index in [1.54, 1.807) is 32.2 Å². The van der Waals surface area contributed by atoms with Crippen molar-refractivity contribution in [3.8, 4) is 5.75 Å². The van der Waals surface area contributed by atoms with Gasteiger partial charge in [-0.3, -0.25) is 19.7 Å². The maximum atomic E-state index is 12.1. The number of aromatic nitrogens is 1. The second-order valence-electron chi connectivity index (χ2n) is 5.13. The second-order valence-corrected chi connectivity index (χ2v) is 5.13. The van der Waals surface area contributed by atoms with Crippen LogP contribution >= 0.6 is 0 Å². The number of ether oxygens (including phenoxy) is 1. The van der Waals surface area contributed by atoms with E-state index in [0.717, 1.165) is 0 Å². The second kappa shape index (κ2) is 8.56. The normalized spacial score (nSPS) is 10.7. The lowest BCUT2D eigenvalue weighted by molar-refractivity contribution is -0.385. The summed E-state index contributed by atoms with van der Waals surface area (Å²) in [5, 5.41) is 14.8. The summed E-state index contributed by atoms with van der Waals surface area (Å²) < 4.78 is 6.59. The van der Waals surface area contributed by atoms with Gasteiger partial charge in [0.25, 0.3) is 11.5 Å². The minimum absolute atomic E-state index is 0.0378. The predicted molar refractivity (Wildman–Crippen MR) is 95.7 cm³/mol. The molecule has 0 saturated heterocycles. The van der Waals surface area contributed by atoms with Crippen LogP contribution in [-0.4, -0.2) is 28.2 Å². The average molecular weight is 358 g/mol. The van der Waals surface area contributed by atoms with Gasteiger partial charge < -0.3 is 9.30 Å². The van der Waals surface area contributed by atoms with E-state index in [-0.39, 0.29) is 17.0 Å². The van der Waals surface area contributed by atoms with Gasteiger partial charge in [0.05, 0.1) is 17.7 Å². The first-order chi connectivity index (χ1) is 12.5. The molecule has 0 saturated carbocycles. The highest BCUT2D eigenvalue weighted by atomic mass is 16.6. The SMILES string of the molecule is CCOc1ccc(/C=N\NC(=O)c2cccn(CC)c2=O)cc1[N+](=O)[O-]. The molecule has 0 aliphatic carbocycles. The van der Waals surface area contributed by atoms with Crippen molar-refractivity contribution in [3.63, 3.8) is 0 Å². The Morgan fingerprint density at radius 3 is 2.81 bits per heavy atom. The number of hydrazone groups is 1. The molecule has 2 rings (SSSR count). The summed E-state index contributed by atoms with van der Waals surface area (Å²) in [6.45, 7) is 4.26. The Labute approximate surface area is 149 Å². The van der Waals surface area contributed by atoms with E-state index < -0.39 is 16.4 Å². The summed E-state index contributed by atoms with van der Waals surface area (Å²) in [4.78, 5) is 34.7. The van der Waals surface area contributed by atoms with E-state index in [9.17, 15) is 19.7 Å². The first-order valence-corrected chi connectivity index (χ1v) is 7.92. The summed E-state index contributed by atoms with van der Waals surface area (Å²) in [5.74, 6) is -0.502. The van der Waals surface area contributed by atoms with Crippen molar-refractivity contribution in [3.05, 3.63) is 68.1 Å². The zero-order valence-corrected chi connectivity index (χ0v) is 14.3. The number of rotatable bonds is 7. The Kier molecular flexibility index (Phi) is 6.20. The van der Waals surface area contributed by atoms with Crippen LogP contribution in [0.2, 0.25) is 0 Å². The van der Waals surface area contributed by atoms with Crippen LogP contribution in [0.3, 0.4) is 0 Å². The van der Waals surface area contributed by atoms with Gasteiger partial charge in [0.15, 0.2) is 5.75 Å². The van der Waals surface area contributed by atoms with Gasteiger partial charge in [0.1, 0.15) is 5.56 Å². The van der Waals surface area contributed by atoms with Gasteiger partial charge in [-0.15, -0.1) is 0 Å². The number of nitrogens with one attached hydrogen (secondary N) is 1. The third-order valence-corrected chi connectivity index (χ3v) is 3.46. The largest absolute Gasteiger partial charge is 0.487 e. The number of nitro groups is 1. The van der Waals surface area contributed by atoms with Crippen molar-refractivity contribution in [1.29, 1.82) is 0 Å². The van der Waals surface area contributed by atoms with Gasteiger partial charge in [-0.1, -0.05) is 0 Å². The third kappa shape index (κ3) is 4.32. The van der Waals surface area contributed by atoms with Crippen LogP contribution in [0.5, 0.6) is 5.75 Å². The number of nitrogens with zero attached hydrogens (tertiary/aromatic N) is 3. The highest BCUT2D eigenvalue weighted by Gasteiger charge is 2.15. The Morgan fingerprint density at radius 2 is 2.15 bits per heavy atom.